The molecule has 0 radical (unpaired) electrons. The van der Waals surface area contributed by atoms with E-state index in [1.54, 1.807) is 12.1 Å². The summed E-state index contributed by atoms with van der Waals surface area (Å²) in [6.45, 7) is 2.52. The second kappa shape index (κ2) is 8.95. The number of hydrogen-bond donors (Lipinski definition) is 1. The summed E-state index contributed by atoms with van der Waals surface area (Å²) in [5.41, 5.74) is -0.812. The lowest BCUT2D eigenvalue weighted by Crippen LogP contribution is -2.44. The molecule has 0 atom stereocenters. The molecule has 1 saturated carbocycles. The zero-order chi connectivity index (χ0) is 20.0. The molecule has 8 nitrogen and oxygen atoms in total. The lowest BCUT2D eigenvalue weighted by molar-refractivity contribution is -0.148. The smallest absolute Gasteiger partial charge is 0.326 e. The molecule has 3 amide bonds. The molecule has 1 heterocycles. The third-order valence-corrected chi connectivity index (χ3v) is 4.90. The molecule has 3 rings (SSSR count). The summed E-state index contributed by atoms with van der Waals surface area (Å²) in [5.74, 6) is 0.449. The highest BCUT2D eigenvalue weighted by Gasteiger charge is 2.52. The number of nitrogens with one attached hydrogen (secondary N) is 1. The largest absolute Gasteiger partial charge is 0.494 e. The van der Waals surface area contributed by atoms with Gasteiger partial charge in [-0.05, 0) is 43.5 Å². The summed E-state index contributed by atoms with van der Waals surface area (Å²) in [6.07, 6.45) is 3.98. The van der Waals surface area contributed by atoms with Crippen LogP contribution in [0.5, 0.6) is 11.5 Å². The summed E-state index contributed by atoms with van der Waals surface area (Å²) < 4.78 is 16.1. The topological polar surface area (TPSA) is 94.2 Å². The maximum Gasteiger partial charge on any atom is 0.326 e. The monoisotopic (exact) mass is 390 g/mol. The van der Waals surface area contributed by atoms with Crippen molar-refractivity contribution in [2.45, 2.75) is 44.6 Å². The highest BCUT2D eigenvalue weighted by Crippen LogP contribution is 2.34. The van der Waals surface area contributed by atoms with E-state index in [1.165, 1.54) is 0 Å². The number of carbonyl (C=O) groups is 3. The van der Waals surface area contributed by atoms with Crippen molar-refractivity contribution in [2.24, 2.45) is 0 Å². The van der Waals surface area contributed by atoms with Gasteiger partial charge in [-0.1, -0.05) is 19.8 Å². The van der Waals surface area contributed by atoms with E-state index in [2.05, 4.69) is 5.32 Å². The van der Waals surface area contributed by atoms with Crippen molar-refractivity contribution in [2.75, 3.05) is 26.4 Å². The van der Waals surface area contributed by atoms with E-state index in [0.29, 0.717) is 25.2 Å². The van der Waals surface area contributed by atoms with E-state index in [9.17, 15) is 14.4 Å². The second-order valence-corrected chi connectivity index (χ2v) is 7.00. The lowest BCUT2D eigenvalue weighted by atomic mass is 9.98. The van der Waals surface area contributed by atoms with Crippen LogP contribution in [0.4, 0.5) is 4.79 Å². The molecule has 0 bridgehead atoms. The van der Waals surface area contributed by atoms with Gasteiger partial charge in [0, 0.05) is 0 Å². The van der Waals surface area contributed by atoms with E-state index < -0.39 is 17.5 Å². The number of ether oxygens (including phenoxy) is 3. The molecule has 8 heteroatoms. The first-order chi connectivity index (χ1) is 13.5. The Morgan fingerprint density at radius 3 is 2.25 bits per heavy atom. The zero-order valence-electron chi connectivity index (χ0n) is 16.1. The fourth-order valence-corrected chi connectivity index (χ4v) is 3.48. The van der Waals surface area contributed by atoms with Crippen molar-refractivity contribution in [3.8, 4) is 11.5 Å². The maximum atomic E-state index is 12.5. The minimum absolute atomic E-state index is 0.0295. The summed E-state index contributed by atoms with van der Waals surface area (Å²) in [5, 5.41) is 2.74. The van der Waals surface area contributed by atoms with Crippen LogP contribution in [0.2, 0.25) is 0 Å². The summed E-state index contributed by atoms with van der Waals surface area (Å²) >= 11 is 0. The lowest BCUT2D eigenvalue weighted by Gasteiger charge is -2.19. The highest BCUT2D eigenvalue weighted by molar-refractivity contribution is 6.08. The number of imide groups is 1. The van der Waals surface area contributed by atoms with Crippen LogP contribution in [-0.2, 0) is 14.3 Å². The molecule has 2 fully saturated rings. The summed E-state index contributed by atoms with van der Waals surface area (Å²) in [7, 11) is 0. The third-order valence-electron chi connectivity index (χ3n) is 4.90. The van der Waals surface area contributed by atoms with Crippen LogP contribution >= 0.6 is 0 Å². The molecule has 0 aromatic heterocycles. The van der Waals surface area contributed by atoms with Crippen molar-refractivity contribution < 1.29 is 28.6 Å². The summed E-state index contributed by atoms with van der Waals surface area (Å²) in [6, 6.07) is 6.66. The molecular weight excluding hydrogens is 364 g/mol. The first kappa shape index (κ1) is 20.0. The van der Waals surface area contributed by atoms with Gasteiger partial charge in [-0.15, -0.1) is 0 Å². The van der Waals surface area contributed by atoms with Crippen molar-refractivity contribution in [1.82, 2.24) is 10.2 Å². The Balaban J connectivity index is 1.38. The first-order valence-electron chi connectivity index (χ1n) is 9.69. The van der Waals surface area contributed by atoms with Gasteiger partial charge in [-0.2, -0.15) is 0 Å². The Morgan fingerprint density at radius 2 is 1.64 bits per heavy atom. The molecule has 1 aliphatic heterocycles. The Morgan fingerprint density at radius 1 is 1.04 bits per heavy atom. The Labute approximate surface area is 164 Å². The highest BCUT2D eigenvalue weighted by atomic mass is 16.6. The minimum Gasteiger partial charge on any atom is -0.494 e. The number of urea groups is 1. The van der Waals surface area contributed by atoms with Gasteiger partial charge in [0.2, 0.25) is 0 Å². The Kier molecular flexibility index (Phi) is 6.38. The third kappa shape index (κ3) is 4.55. The standard InChI is InChI=1S/C20H26N2O6/c1-2-11-26-15-5-7-16(8-6-15)27-12-13-28-17(23)14-22-18(24)20(21-19(22)25)9-3-4-10-20/h5-8H,2-4,9-14H2,1H3,(H,21,25). The molecule has 1 spiro atoms. The van der Waals surface area contributed by atoms with Crippen molar-refractivity contribution >= 4 is 17.9 Å². The fraction of sp³-hybridized carbons (Fsp3) is 0.550. The predicted octanol–water partition coefficient (Wildman–Crippen LogP) is 2.26. The maximum absolute atomic E-state index is 12.5. The van der Waals surface area contributed by atoms with Crippen molar-refractivity contribution in [3.63, 3.8) is 0 Å². The molecule has 1 aromatic carbocycles. The van der Waals surface area contributed by atoms with Gasteiger partial charge in [0.05, 0.1) is 6.61 Å². The molecule has 1 aliphatic carbocycles. The number of hydrogen-bond acceptors (Lipinski definition) is 6. The quantitative estimate of drug-likeness (QED) is 0.395. The normalized spacial score (nSPS) is 17.7. The molecular formula is C20H26N2O6. The average molecular weight is 390 g/mol. The van der Waals surface area contributed by atoms with Crippen molar-refractivity contribution in [1.29, 1.82) is 0 Å². The van der Waals surface area contributed by atoms with Gasteiger partial charge < -0.3 is 19.5 Å². The number of esters is 1. The number of benzene rings is 1. The number of carbonyl (C=O) groups excluding carboxylic acids is 3. The first-order valence-corrected chi connectivity index (χ1v) is 9.69. The van der Waals surface area contributed by atoms with Gasteiger partial charge in [0.25, 0.3) is 5.91 Å². The molecule has 1 N–H and O–H groups in total. The van der Waals surface area contributed by atoms with Crippen LogP contribution in [0.15, 0.2) is 24.3 Å². The van der Waals surface area contributed by atoms with Crippen molar-refractivity contribution in [3.05, 3.63) is 24.3 Å². The number of amides is 3. The predicted molar refractivity (Wildman–Crippen MR) is 100 cm³/mol. The molecule has 0 unspecified atom stereocenters. The number of nitrogens with zero attached hydrogens (tertiary/aromatic N) is 1. The molecule has 152 valence electrons. The van der Waals surface area contributed by atoms with Crippen LogP contribution in [-0.4, -0.2) is 54.7 Å². The van der Waals surface area contributed by atoms with Crippen LogP contribution in [0, 0.1) is 0 Å². The average Bonchev–Trinajstić information content (AvgIpc) is 3.25. The SMILES string of the molecule is CCCOc1ccc(OCCOC(=O)CN2C(=O)NC3(CCCC3)C2=O)cc1. The van der Waals surface area contributed by atoms with Crippen LogP contribution in [0.3, 0.4) is 0 Å². The Hall–Kier alpha value is -2.77. The number of rotatable bonds is 9. The molecule has 1 saturated heterocycles. The molecule has 28 heavy (non-hydrogen) atoms. The summed E-state index contributed by atoms with van der Waals surface area (Å²) in [4.78, 5) is 37.5. The fourth-order valence-electron chi connectivity index (χ4n) is 3.48. The Bertz CT molecular complexity index is 712. The van der Waals surface area contributed by atoms with Gasteiger partial charge in [-0.3, -0.25) is 14.5 Å². The van der Waals surface area contributed by atoms with E-state index >= 15 is 0 Å². The molecule has 2 aliphatic rings. The van der Waals surface area contributed by atoms with E-state index in [1.807, 2.05) is 19.1 Å². The van der Waals surface area contributed by atoms with Gasteiger partial charge in [0.1, 0.15) is 36.8 Å². The van der Waals surface area contributed by atoms with Gasteiger partial charge in [0.15, 0.2) is 0 Å². The zero-order valence-corrected chi connectivity index (χ0v) is 16.1. The van der Waals surface area contributed by atoms with Crippen LogP contribution in [0.25, 0.3) is 0 Å². The van der Waals surface area contributed by atoms with Gasteiger partial charge >= 0.3 is 12.0 Å². The van der Waals surface area contributed by atoms with Crippen LogP contribution < -0.4 is 14.8 Å². The second-order valence-electron chi connectivity index (χ2n) is 7.00. The van der Waals surface area contributed by atoms with Gasteiger partial charge in [-0.25, -0.2) is 4.79 Å². The minimum atomic E-state index is -0.812. The molecule has 1 aromatic rings. The van der Waals surface area contributed by atoms with Crippen LogP contribution in [0.1, 0.15) is 39.0 Å². The van der Waals surface area contributed by atoms with E-state index in [4.69, 9.17) is 14.2 Å². The van der Waals surface area contributed by atoms with E-state index in [-0.39, 0.29) is 25.7 Å². The van der Waals surface area contributed by atoms with E-state index in [0.717, 1.165) is 29.9 Å².